The van der Waals surface area contributed by atoms with E-state index in [-0.39, 0.29) is 12.1 Å². The molecule has 0 amide bonds. The molecular weight excluding hydrogens is 408 g/mol. The van der Waals surface area contributed by atoms with Gasteiger partial charge in [-0.3, -0.25) is 0 Å². The van der Waals surface area contributed by atoms with E-state index in [1.54, 1.807) is 5.57 Å². The predicted octanol–water partition coefficient (Wildman–Crippen LogP) is 7.47. The van der Waals surface area contributed by atoms with Gasteiger partial charge in [-0.1, -0.05) is 63.1 Å². The van der Waals surface area contributed by atoms with Crippen LogP contribution in [0.3, 0.4) is 0 Å². The average Bonchev–Trinajstić information content (AvgIpc) is 3.10. The molecule has 3 rings (SSSR count). The molecule has 184 valence electrons. The summed E-state index contributed by atoms with van der Waals surface area (Å²) in [5.41, 5.74) is 3.86. The summed E-state index contributed by atoms with van der Waals surface area (Å²) in [4.78, 5) is 11.6. The summed E-state index contributed by atoms with van der Waals surface area (Å²) >= 11 is 0. The SMILES string of the molecule is C=CC(=O)O[C@H]1CCC(=C)C(=CC=C2CCC[C@@]3(C)C2CC[C@@H]3[C@H](C)CCCC(C)(C)O)C1. The Hall–Kier alpha value is -1.61. The lowest BCUT2D eigenvalue weighted by Gasteiger charge is -2.44. The molecule has 0 aromatic carbocycles. The maximum Gasteiger partial charge on any atom is 0.330 e. The maximum atomic E-state index is 11.6. The third-order valence-electron chi connectivity index (χ3n) is 8.79. The summed E-state index contributed by atoms with van der Waals surface area (Å²) in [7, 11) is 0. The second-order valence-corrected chi connectivity index (χ2v) is 11.8. The van der Waals surface area contributed by atoms with Crippen LogP contribution in [0.4, 0.5) is 0 Å². The number of ether oxygens (including phenoxy) is 1. The minimum Gasteiger partial charge on any atom is -0.459 e. The zero-order valence-electron chi connectivity index (χ0n) is 21.5. The molecule has 0 spiro atoms. The molecule has 0 radical (unpaired) electrons. The van der Waals surface area contributed by atoms with E-state index in [1.165, 1.54) is 55.7 Å². The van der Waals surface area contributed by atoms with Crippen LogP contribution in [0.1, 0.15) is 98.3 Å². The summed E-state index contributed by atoms with van der Waals surface area (Å²) in [5, 5.41) is 10.1. The highest BCUT2D eigenvalue weighted by molar-refractivity contribution is 5.81. The van der Waals surface area contributed by atoms with E-state index in [0.717, 1.165) is 38.0 Å². The van der Waals surface area contributed by atoms with Crippen molar-refractivity contribution in [3.63, 3.8) is 0 Å². The summed E-state index contributed by atoms with van der Waals surface area (Å²) < 4.78 is 5.51. The highest BCUT2D eigenvalue weighted by Crippen LogP contribution is 2.60. The van der Waals surface area contributed by atoms with Gasteiger partial charge in [-0.2, -0.15) is 0 Å². The van der Waals surface area contributed by atoms with Gasteiger partial charge in [0.15, 0.2) is 0 Å². The molecule has 3 saturated carbocycles. The number of allylic oxidation sites excluding steroid dienone is 4. The largest absolute Gasteiger partial charge is 0.459 e. The third-order valence-corrected chi connectivity index (χ3v) is 8.79. The van der Waals surface area contributed by atoms with Gasteiger partial charge in [0.05, 0.1) is 5.60 Å². The molecule has 3 fully saturated rings. The molecule has 0 bridgehead atoms. The van der Waals surface area contributed by atoms with Crippen LogP contribution in [0, 0.1) is 23.2 Å². The third kappa shape index (κ3) is 6.50. The lowest BCUT2D eigenvalue weighted by molar-refractivity contribution is -0.143. The zero-order valence-corrected chi connectivity index (χ0v) is 21.5. The number of esters is 1. The van der Waals surface area contributed by atoms with Crippen LogP contribution >= 0.6 is 0 Å². The van der Waals surface area contributed by atoms with Crippen LogP contribution in [-0.2, 0) is 9.53 Å². The van der Waals surface area contributed by atoms with Gasteiger partial charge >= 0.3 is 5.97 Å². The number of aliphatic hydroxyl groups is 1. The van der Waals surface area contributed by atoms with Crippen molar-refractivity contribution in [2.75, 3.05) is 0 Å². The number of hydrogen-bond donors (Lipinski definition) is 1. The Kier molecular flexibility index (Phi) is 8.48. The second-order valence-electron chi connectivity index (χ2n) is 11.8. The van der Waals surface area contributed by atoms with Crippen molar-refractivity contribution < 1.29 is 14.6 Å². The van der Waals surface area contributed by atoms with E-state index >= 15 is 0 Å². The number of rotatable bonds is 8. The first-order valence-corrected chi connectivity index (χ1v) is 13.2. The van der Waals surface area contributed by atoms with Crippen LogP contribution in [-0.4, -0.2) is 22.8 Å². The lowest BCUT2D eigenvalue weighted by atomic mass is 9.60. The average molecular weight is 455 g/mol. The van der Waals surface area contributed by atoms with E-state index in [4.69, 9.17) is 4.74 Å². The minimum atomic E-state index is -0.553. The van der Waals surface area contributed by atoms with Crippen LogP contribution in [0.15, 0.2) is 48.1 Å². The van der Waals surface area contributed by atoms with Gasteiger partial charge in [0, 0.05) is 12.5 Å². The summed E-state index contributed by atoms with van der Waals surface area (Å²) in [6.45, 7) is 16.6. The highest BCUT2D eigenvalue weighted by Gasteiger charge is 2.50. The molecule has 5 atom stereocenters. The first-order chi connectivity index (χ1) is 15.5. The number of carbonyl (C=O) groups excluding carboxylic acids is 1. The van der Waals surface area contributed by atoms with Gasteiger partial charge in [-0.25, -0.2) is 4.79 Å². The van der Waals surface area contributed by atoms with Gasteiger partial charge in [0.25, 0.3) is 0 Å². The monoisotopic (exact) mass is 454 g/mol. The van der Waals surface area contributed by atoms with Crippen molar-refractivity contribution in [3.8, 4) is 0 Å². The van der Waals surface area contributed by atoms with Gasteiger partial charge < -0.3 is 9.84 Å². The fraction of sp³-hybridized carbons (Fsp3) is 0.700. The standard InChI is InChI=1S/C30H46O3/c1-7-28(31)33-25-15-12-21(2)24(20-25)14-13-23-11-9-19-30(6)26(16-17-27(23)30)22(3)10-8-18-29(4,5)32/h7,13-14,22,25-27,32H,1-2,8-12,15-20H2,3-6H3/t22-,25+,26-,27?,30-/m1/s1. The number of hydrogen-bond acceptors (Lipinski definition) is 3. The minimum absolute atomic E-state index is 0.0668. The van der Waals surface area contributed by atoms with E-state index in [1.807, 2.05) is 13.8 Å². The first kappa shape index (κ1) is 26.0. The van der Waals surface area contributed by atoms with E-state index in [0.29, 0.717) is 17.3 Å². The number of fused-ring (bicyclic) bond motifs is 1. The van der Waals surface area contributed by atoms with Crippen LogP contribution in [0.2, 0.25) is 0 Å². The van der Waals surface area contributed by atoms with Crippen LogP contribution in [0.5, 0.6) is 0 Å². The van der Waals surface area contributed by atoms with E-state index < -0.39 is 5.60 Å². The van der Waals surface area contributed by atoms with Crippen LogP contribution in [0.25, 0.3) is 0 Å². The Morgan fingerprint density at radius 1 is 1.27 bits per heavy atom. The summed E-state index contributed by atoms with van der Waals surface area (Å²) in [6, 6.07) is 0. The number of carbonyl (C=O) groups is 1. The van der Waals surface area contributed by atoms with Gasteiger partial charge in [0.2, 0.25) is 0 Å². The van der Waals surface area contributed by atoms with Crippen molar-refractivity contribution in [1.29, 1.82) is 0 Å². The Labute approximate surface area is 202 Å². The molecule has 3 aliphatic carbocycles. The molecule has 33 heavy (non-hydrogen) atoms. The maximum absolute atomic E-state index is 11.6. The Morgan fingerprint density at radius 3 is 2.73 bits per heavy atom. The molecule has 0 heterocycles. The molecule has 3 aliphatic rings. The molecule has 3 heteroatoms. The normalized spacial score (nSPS) is 33.7. The summed E-state index contributed by atoms with van der Waals surface area (Å²) in [6.07, 6.45) is 18.0. The highest BCUT2D eigenvalue weighted by atomic mass is 16.5. The molecule has 0 saturated heterocycles. The molecule has 0 aromatic heterocycles. The van der Waals surface area contributed by atoms with E-state index in [9.17, 15) is 9.90 Å². The van der Waals surface area contributed by atoms with Crippen molar-refractivity contribution in [3.05, 3.63) is 48.1 Å². The van der Waals surface area contributed by atoms with Gasteiger partial charge in [-0.05, 0) is 94.0 Å². The molecule has 1 unspecified atom stereocenters. The fourth-order valence-corrected chi connectivity index (χ4v) is 6.97. The smallest absolute Gasteiger partial charge is 0.330 e. The molecule has 1 N–H and O–H groups in total. The summed E-state index contributed by atoms with van der Waals surface area (Å²) in [5.74, 6) is 1.82. The van der Waals surface area contributed by atoms with Crippen LogP contribution < -0.4 is 0 Å². The zero-order chi connectivity index (χ0) is 24.2. The second kappa shape index (κ2) is 10.8. The quantitative estimate of drug-likeness (QED) is 0.306. The lowest BCUT2D eigenvalue weighted by Crippen LogP contribution is -2.36. The van der Waals surface area contributed by atoms with Crippen molar-refractivity contribution in [2.24, 2.45) is 23.2 Å². The van der Waals surface area contributed by atoms with Gasteiger partial charge in [0.1, 0.15) is 6.10 Å². The van der Waals surface area contributed by atoms with Crippen molar-refractivity contribution in [2.45, 2.75) is 110 Å². The predicted molar refractivity (Wildman–Crippen MR) is 137 cm³/mol. The Balaban J connectivity index is 1.68. The fourth-order valence-electron chi connectivity index (χ4n) is 6.97. The van der Waals surface area contributed by atoms with Crippen molar-refractivity contribution in [1.82, 2.24) is 0 Å². The van der Waals surface area contributed by atoms with Gasteiger partial charge in [-0.15, -0.1) is 0 Å². The molecule has 0 aliphatic heterocycles. The van der Waals surface area contributed by atoms with E-state index in [2.05, 4.69) is 39.2 Å². The topological polar surface area (TPSA) is 46.5 Å². The Morgan fingerprint density at radius 2 is 2.03 bits per heavy atom. The Bertz CT molecular complexity index is 796. The molecular formula is C30H46O3. The molecule has 3 nitrogen and oxygen atoms in total. The van der Waals surface area contributed by atoms with Crippen molar-refractivity contribution >= 4 is 5.97 Å². The first-order valence-electron chi connectivity index (χ1n) is 13.2. The molecule has 0 aromatic rings.